The first-order valence-corrected chi connectivity index (χ1v) is 11.5. The number of carbonyl (C=O) groups is 1. The zero-order valence-electron chi connectivity index (χ0n) is 19.7. The van der Waals surface area contributed by atoms with Gasteiger partial charge < -0.3 is 9.47 Å². The van der Waals surface area contributed by atoms with E-state index in [1.165, 1.54) is 6.21 Å². The van der Waals surface area contributed by atoms with Gasteiger partial charge in [-0.25, -0.2) is 9.82 Å². The van der Waals surface area contributed by atoms with Crippen LogP contribution in [-0.2, 0) is 0 Å². The van der Waals surface area contributed by atoms with Crippen LogP contribution in [0.15, 0.2) is 66.0 Å². The van der Waals surface area contributed by atoms with Crippen molar-refractivity contribution < 1.29 is 9.18 Å². The number of fused-ring (bicyclic) bond motifs is 1. The molecular weight excluding hydrogens is 415 g/mol. The molecule has 1 aromatic heterocycles. The van der Waals surface area contributed by atoms with Crippen LogP contribution in [0.4, 0.5) is 10.1 Å². The summed E-state index contributed by atoms with van der Waals surface area (Å²) in [5, 5.41) is 4.03. The van der Waals surface area contributed by atoms with Gasteiger partial charge in [0.2, 0.25) is 0 Å². The number of nitrogens with one attached hydrogen (secondary N) is 1. The van der Waals surface area contributed by atoms with E-state index in [1.54, 1.807) is 18.2 Å². The minimum absolute atomic E-state index is 0.0185. The molecule has 3 aromatic rings. The molecule has 2 aromatic carbocycles. The molecule has 1 unspecified atom stereocenters. The van der Waals surface area contributed by atoms with Crippen molar-refractivity contribution in [1.82, 2.24) is 9.99 Å². The monoisotopic (exact) mass is 446 g/mol. The number of anilines is 1. The molecule has 0 fully saturated rings. The van der Waals surface area contributed by atoms with Gasteiger partial charge >= 0.3 is 0 Å². The second kappa shape index (κ2) is 9.22. The second-order valence-electron chi connectivity index (χ2n) is 9.34. The van der Waals surface area contributed by atoms with E-state index in [0.717, 1.165) is 36.3 Å². The molecule has 6 heteroatoms. The lowest BCUT2D eigenvalue weighted by molar-refractivity contribution is 0.0955. The summed E-state index contributed by atoms with van der Waals surface area (Å²) in [5.74, 6) is -0.369. The maximum atomic E-state index is 15.0. The Kier molecular flexibility index (Phi) is 6.36. The molecule has 0 saturated carbocycles. The lowest BCUT2D eigenvalue weighted by Crippen LogP contribution is -2.48. The van der Waals surface area contributed by atoms with Crippen LogP contribution in [0.5, 0.6) is 0 Å². The van der Waals surface area contributed by atoms with Crippen molar-refractivity contribution >= 4 is 17.8 Å². The molecule has 0 aliphatic carbocycles. The van der Waals surface area contributed by atoms with E-state index in [-0.39, 0.29) is 17.3 Å². The summed E-state index contributed by atoms with van der Waals surface area (Å²) in [6.45, 7) is 9.65. The maximum Gasteiger partial charge on any atom is 0.271 e. The van der Waals surface area contributed by atoms with E-state index in [9.17, 15) is 9.18 Å². The average molecular weight is 447 g/mol. The van der Waals surface area contributed by atoms with Gasteiger partial charge in [-0.3, -0.25) is 4.79 Å². The van der Waals surface area contributed by atoms with Crippen molar-refractivity contribution in [2.24, 2.45) is 5.10 Å². The Hall–Kier alpha value is -3.41. The summed E-state index contributed by atoms with van der Waals surface area (Å²) in [5.41, 5.74) is 6.40. The fraction of sp³-hybridized carbons (Fsp3) is 0.333. The van der Waals surface area contributed by atoms with Gasteiger partial charge in [0.15, 0.2) is 0 Å². The Morgan fingerprint density at radius 3 is 2.58 bits per heavy atom. The zero-order chi connectivity index (χ0) is 23.6. The normalized spacial score (nSPS) is 17.2. The minimum Gasteiger partial charge on any atom is -0.366 e. The third-order valence-corrected chi connectivity index (χ3v) is 6.35. The molecule has 1 N–H and O–H groups in total. The molecule has 1 amide bonds. The summed E-state index contributed by atoms with van der Waals surface area (Å²) in [7, 11) is 0. The molecule has 0 spiro atoms. The predicted molar refractivity (Wildman–Crippen MR) is 132 cm³/mol. The number of nitrogens with zero attached hydrogens (tertiary/aromatic N) is 3. The number of rotatable bonds is 6. The lowest BCUT2D eigenvalue weighted by Gasteiger charge is -2.47. The van der Waals surface area contributed by atoms with Crippen molar-refractivity contribution in [2.45, 2.75) is 52.0 Å². The molecule has 4 rings (SSSR count). The van der Waals surface area contributed by atoms with Crippen molar-refractivity contribution in [3.05, 3.63) is 83.4 Å². The summed E-state index contributed by atoms with van der Waals surface area (Å²) >= 11 is 0. The van der Waals surface area contributed by atoms with Crippen LogP contribution >= 0.6 is 0 Å². The summed E-state index contributed by atoms with van der Waals surface area (Å²) in [4.78, 5) is 14.8. The van der Waals surface area contributed by atoms with Crippen LogP contribution in [0.3, 0.4) is 0 Å². The molecule has 1 aliphatic heterocycles. The first-order chi connectivity index (χ1) is 15.8. The highest BCUT2D eigenvalue weighted by Crippen LogP contribution is 2.44. The van der Waals surface area contributed by atoms with Gasteiger partial charge in [0, 0.05) is 47.0 Å². The summed E-state index contributed by atoms with van der Waals surface area (Å²) in [6, 6.07) is 14.6. The molecule has 1 aliphatic rings. The topological polar surface area (TPSA) is 49.6 Å². The first-order valence-electron chi connectivity index (χ1n) is 11.5. The smallest absolute Gasteiger partial charge is 0.271 e. The van der Waals surface area contributed by atoms with Crippen molar-refractivity contribution in [3.63, 3.8) is 0 Å². The number of benzene rings is 2. The van der Waals surface area contributed by atoms with Crippen molar-refractivity contribution in [3.8, 4) is 5.69 Å². The van der Waals surface area contributed by atoms with Crippen LogP contribution in [0.1, 0.15) is 67.9 Å². The maximum absolute atomic E-state index is 15.0. The van der Waals surface area contributed by atoms with Gasteiger partial charge in [0.05, 0.1) is 6.21 Å². The number of carbonyl (C=O) groups excluding carboxylic acids is 1. The minimum atomic E-state index is -0.340. The highest BCUT2D eigenvalue weighted by atomic mass is 19.1. The van der Waals surface area contributed by atoms with Crippen LogP contribution in [-0.4, -0.2) is 28.8 Å². The molecule has 0 radical (unpaired) electrons. The number of amides is 1. The van der Waals surface area contributed by atoms with E-state index >= 15 is 0 Å². The largest absolute Gasteiger partial charge is 0.366 e. The van der Waals surface area contributed by atoms with E-state index in [1.807, 2.05) is 47.3 Å². The van der Waals surface area contributed by atoms with Gasteiger partial charge in [0.25, 0.3) is 5.91 Å². The fourth-order valence-electron chi connectivity index (χ4n) is 4.78. The van der Waals surface area contributed by atoms with Crippen LogP contribution in [0.25, 0.3) is 5.69 Å². The van der Waals surface area contributed by atoms with Gasteiger partial charge in [-0.15, -0.1) is 0 Å². The summed E-state index contributed by atoms with van der Waals surface area (Å²) < 4.78 is 16.9. The first kappa shape index (κ1) is 22.8. The third kappa shape index (κ3) is 4.70. The molecule has 2 heterocycles. The van der Waals surface area contributed by atoms with Crippen molar-refractivity contribution in [1.29, 1.82) is 0 Å². The molecule has 33 heavy (non-hydrogen) atoms. The molecular formula is C27H31FN4O. The van der Waals surface area contributed by atoms with Gasteiger partial charge in [-0.2, -0.15) is 5.10 Å². The summed E-state index contributed by atoms with van der Waals surface area (Å²) in [6.07, 6.45) is 7.27. The van der Waals surface area contributed by atoms with E-state index in [0.29, 0.717) is 17.0 Å². The van der Waals surface area contributed by atoms with E-state index in [4.69, 9.17) is 0 Å². The van der Waals surface area contributed by atoms with Crippen LogP contribution < -0.4 is 10.3 Å². The lowest BCUT2D eigenvalue weighted by atomic mass is 9.79. The zero-order valence-corrected chi connectivity index (χ0v) is 19.7. The Bertz CT molecular complexity index is 1150. The average Bonchev–Trinajstić information content (AvgIpc) is 3.32. The van der Waals surface area contributed by atoms with Crippen LogP contribution in [0.2, 0.25) is 0 Å². The number of hydrogen-bond acceptors (Lipinski definition) is 3. The quantitative estimate of drug-likeness (QED) is 0.380. The van der Waals surface area contributed by atoms with E-state index < -0.39 is 0 Å². The van der Waals surface area contributed by atoms with E-state index in [2.05, 4.69) is 43.1 Å². The Morgan fingerprint density at radius 2 is 1.91 bits per heavy atom. The number of halogens is 1. The van der Waals surface area contributed by atoms with Crippen LogP contribution in [0, 0.1) is 5.82 Å². The number of hydrazone groups is 1. The van der Waals surface area contributed by atoms with Gasteiger partial charge in [-0.05, 0) is 86.7 Å². The fourth-order valence-corrected chi connectivity index (χ4v) is 4.78. The second-order valence-corrected chi connectivity index (χ2v) is 9.34. The van der Waals surface area contributed by atoms with Crippen molar-refractivity contribution in [2.75, 3.05) is 11.4 Å². The highest BCUT2D eigenvalue weighted by molar-refractivity contribution is 5.95. The third-order valence-electron chi connectivity index (χ3n) is 6.35. The number of hydrogen-bond donors (Lipinski definition) is 1. The molecule has 0 bridgehead atoms. The molecule has 1 atom stereocenters. The standard InChI is InChI=1S/C27H31FN4O/c1-5-12-32-25-16-24(28)21(15-23(25)19(2)17-27(32,3)4)18-29-30-26(33)20-8-10-22(11-9-20)31-13-6-7-14-31/h6-11,13-16,18-19H,5,12,17H2,1-4H3,(H,30,33)/b29-18+. The molecule has 5 nitrogen and oxygen atoms in total. The molecule has 172 valence electrons. The van der Waals surface area contributed by atoms with Gasteiger partial charge in [-0.1, -0.05) is 13.8 Å². The SMILES string of the molecule is CCCN1c2cc(F)c(/C=N/NC(=O)c3ccc(-n4cccc4)cc3)cc2C(C)CC1(C)C. The highest BCUT2D eigenvalue weighted by Gasteiger charge is 2.36. The molecule has 0 saturated heterocycles. The Morgan fingerprint density at radius 1 is 1.21 bits per heavy atom. The Balaban J connectivity index is 1.49. The van der Waals surface area contributed by atoms with Gasteiger partial charge in [0.1, 0.15) is 5.82 Å². The number of aromatic nitrogens is 1. The Labute approximate surface area is 194 Å². The predicted octanol–water partition coefficient (Wildman–Crippen LogP) is 5.88.